The normalized spacial score (nSPS) is 20.4. The van der Waals surface area contributed by atoms with Crippen molar-refractivity contribution in [3.05, 3.63) is 12.2 Å². The Kier molecular flexibility index (Phi) is 5.58. The molecule has 2 aliphatic heterocycles. The van der Waals surface area contributed by atoms with E-state index in [2.05, 4.69) is 47.3 Å². The summed E-state index contributed by atoms with van der Waals surface area (Å²) in [7, 11) is 0. The van der Waals surface area contributed by atoms with Gasteiger partial charge in [0.15, 0.2) is 0 Å². The van der Waals surface area contributed by atoms with Crippen LogP contribution in [0.25, 0.3) is 0 Å². The number of piperazine rings is 1. The van der Waals surface area contributed by atoms with Gasteiger partial charge in [-0.1, -0.05) is 30.4 Å². The maximum Gasteiger partial charge on any atom is 0.326 e. The minimum atomic E-state index is 0.0586. The van der Waals surface area contributed by atoms with Crippen molar-refractivity contribution in [2.24, 2.45) is 0 Å². The fourth-order valence-electron chi connectivity index (χ4n) is 3.28. The van der Waals surface area contributed by atoms with Gasteiger partial charge in [0.05, 0.1) is 0 Å². The zero-order valence-electron chi connectivity index (χ0n) is 15.4. The highest BCUT2D eigenvalue weighted by Crippen LogP contribution is 2.30. The molecule has 0 N–H and O–H groups in total. The zero-order chi connectivity index (χ0) is 18.0. The molecule has 0 spiro atoms. The molecule has 2 saturated heterocycles. The molecule has 0 radical (unpaired) electrons. The van der Waals surface area contributed by atoms with Gasteiger partial charge in [-0.15, -0.1) is 10.2 Å². The van der Waals surface area contributed by atoms with Gasteiger partial charge in [0.1, 0.15) is 0 Å². The van der Waals surface area contributed by atoms with E-state index in [9.17, 15) is 4.79 Å². The number of nitrogens with zero attached hydrogens (tertiary/aromatic N) is 6. The van der Waals surface area contributed by atoms with Crippen LogP contribution in [-0.4, -0.2) is 77.9 Å². The van der Waals surface area contributed by atoms with Crippen molar-refractivity contribution in [3.63, 3.8) is 0 Å². The highest BCUT2D eigenvalue weighted by atomic mass is 32.1. The Bertz CT molecular complexity index is 624. The fourth-order valence-corrected chi connectivity index (χ4v) is 4.20. The molecule has 1 unspecified atom stereocenters. The zero-order valence-corrected chi connectivity index (χ0v) is 16.3. The summed E-state index contributed by atoms with van der Waals surface area (Å²) >= 11 is 1.52. The van der Waals surface area contributed by atoms with Crippen molar-refractivity contribution < 1.29 is 4.79 Å². The van der Waals surface area contributed by atoms with Crippen LogP contribution in [0.3, 0.4) is 0 Å². The monoisotopic (exact) mass is 364 g/mol. The van der Waals surface area contributed by atoms with Crippen LogP contribution < -0.4 is 9.80 Å². The summed E-state index contributed by atoms with van der Waals surface area (Å²) in [6, 6.07) is 0.328. The molecule has 7 nitrogen and oxygen atoms in total. The molecule has 138 valence electrons. The third kappa shape index (κ3) is 3.95. The number of urea groups is 1. The lowest BCUT2D eigenvalue weighted by atomic mass is 10.2. The van der Waals surface area contributed by atoms with Gasteiger partial charge in [-0.25, -0.2) is 4.79 Å². The number of aromatic nitrogens is 2. The Morgan fingerprint density at radius 2 is 1.84 bits per heavy atom. The van der Waals surface area contributed by atoms with E-state index in [0.29, 0.717) is 6.54 Å². The lowest BCUT2D eigenvalue weighted by molar-refractivity contribution is 0.203. The fraction of sp³-hybridized carbons (Fsp3) is 0.706. The Hall–Kier alpha value is -1.67. The molecule has 0 aliphatic carbocycles. The molecule has 0 bridgehead atoms. The van der Waals surface area contributed by atoms with E-state index in [1.54, 1.807) is 4.90 Å². The topological polar surface area (TPSA) is 55.8 Å². The molecule has 2 aliphatic rings. The van der Waals surface area contributed by atoms with Gasteiger partial charge in [-0.05, 0) is 20.3 Å². The smallest absolute Gasteiger partial charge is 0.326 e. The highest BCUT2D eigenvalue weighted by molar-refractivity contribution is 7.19. The van der Waals surface area contributed by atoms with Crippen molar-refractivity contribution in [3.8, 4) is 0 Å². The second-order valence-electron chi connectivity index (χ2n) is 6.97. The Labute approximate surface area is 153 Å². The maximum atomic E-state index is 12.6. The molecule has 3 rings (SSSR count). The molecule has 2 fully saturated rings. The molecule has 8 heteroatoms. The summed E-state index contributed by atoms with van der Waals surface area (Å²) in [5, 5.41) is 10.3. The van der Waals surface area contributed by atoms with Gasteiger partial charge in [-0.2, -0.15) is 0 Å². The first-order valence-electron chi connectivity index (χ1n) is 9.03. The van der Waals surface area contributed by atoms with E-state index in [1.165, 1.54) is 16.9 Å². The standard InChI is InChI=1S/C17H28N6OS/c1-5-14(4)22-10-11-23(17(22)24)16-19-18-15(25-16)21-8-6-20(7-9-21)12-13(2)3/h14H,2,5-12H2,1,3-4H3. The Morgan fingerprint density at radius 1 is 1.16 bits per heavy atom. The van der Waals surface area contributed by atoms with Crippen LogP contribution in [0.1, 0.15) is 27.2 Å². The molecule has 0 saturated carbocycles. The first kappa shape index (κ1) is 18.1. The Morgan fingerprint density at radius 3 is 2.48 bits per heavy atom. The van der Waals surface area contributed by atoms with Crippen LogP contribution in [0, 0.1) is 0 Å². The van der Waals surface area contributed by atoms with Crippen molar-refractivity contribution in [2.75, 3.05) is 55.6 Å². The lowest BCUT2D eigenvalue weighted by Gasteiger charge is -2.34. The molecule has 25 heavy (non-hydrogen) atoms. The van der Waals surface area contributed by atoms with Crippen molar-refractivity contribution in [1.29, 1.82) is 0 Å². The van der Waals surface area contributed by atoms with E-state index >= 15 is 0 Å². The van der Waals surface area contributed by atoms with Crippen LogP contribution >= 0.6 is 11.3 Å². The highest BCUT2D eigenvalue weighted by Gasteiger charge is 2.34. The van der Waals surface area contributed by atoms with Gasteiger partial charge in [0.2, 0.25) is 10.3 Å². The minimum Gasteiger partial charge on any atom is -0.344 e. The molecule has 0 aromatic carbocycles. The summed E-state index contributed by atoms with van der Waals surface area (Å²) in [6.45, 7) is 16.6. The largest absolute Gasteiger partial charge is 0.344 e. The van der Waals surface area contributed by atoms with Gasteiger partial charge in [-0.3, -0.25) is 9.80 Å². The third-order valence-electron chi connectivity index (χ3n) is 4.93. The predicted octanol–water partition coefficient (Wildman–Crippen LogP) is 2.28. The van der Waals surface area contributed by atoms with E-state index < -0.39 is 0 Å². The van der Waals surface area contributed by atoms with Gasteiger partial charge in [0.25, 0.3) is 0 Å². The predicted molar refractivity (Wildman–Crippen MR) is 103 cm³/mol. The first-order chi connectivity index (χ1) is 12.0. The number of carbonyl (C=O) groups excluding carboxylic acids is 1. The van der Waals surface area contributed by atoms with Crippen LogP contribution in [0.2, 0.25) is 0 Å². The summed E-state index contributed by atoms with van der Waals surface area (Å²) in [6.07, 6.45) is 0.968. The molecule has 1 atom stereocenters. The van der Waals surface area contributed by atoms with Crippen molar-refractivity contribution in [1.82, 2.24) is 20.0 Å². The Balaban J connectivity index is 1.60. The quantitative estimate of drug-likeness (QED) is 0.725. The van der Waals surface area contributed by atoms with Crippen molar-refractivity contribution in [2.45, 2.75) is 33.2 Å². The lowest BCUT2D eigenvalue weighted by Crippen LogP contribution is -2.46. The van der Waals surface area contributed by atoms with Crippen LogP contribution in [0.15, 0.2) is 12.2 Å². The van der Waals surface area contributed by atoms with Gasteiger partial charge >= 0.3 is 6.03 Å². The number of anilines is 2. The second kappa shape index (κ2) is 7.70. The maximum absolute atomic E-state index is 12.6. The minimum absolute atomic E-state index is 0.0586. The number of carbonyl (C=O) groups is 1. The molecular formula is C17H28N6OS. The molecule has 3 heterocycles. The summed E-state index contributed by atoms with van der Waals surface area (Å²) in [5.41, 5.74) is 1.20. The van der Waals surface area contributed by atoms with E-state index in [1.807, 2.05) is 4.90 Å². The average Bonchev–Trinajstić information content (AvgIpc) is 3.21. The van der Waals surface area contributed by atoms with Gasteiger partial charge < -0.3 is 9.80 Å². The molecule has 2 amide bonds. The van der Waals surface area contributed by atoms with E-state index in [4.69, 9.17) is 0 Å². The number of hydrogen-bond acceptors (Lipinski definition) is 6. The van der Waals surface area contributed by atoms with Crippen LogP contribution in [0.5, 0.6) is 0 Å². The number of amides is 2. The molecular weight excluding hydrogens is 336 g/mol. The first-order valence-corrected chi connectivity index (χ1v) is 9.84. The molecule has 1 aromatic rings. The van der Waals surface area contributed by atoms with E-state index in [-0.39, 0.29) is 12.1 Å². The average molecular weight is 365 g/mol. The SMILES string of the molecule is C=C(C)CN1CCN(c2nnc(N3CCN(C(C)CC)C3=O)s2)CC1. The summed E-state index contributed by atoms with van der Waals surface area (Å²) in [4.78, 5) is 21.0. The number of hydrogen-bond donors (Lipinski definition) is 0. The summed E-state index contributed by atoms with van der Waals surface area (Å²) < 4.78 is 0. The van der Waals surface area contributed by atoms with Gasteiger partial charge in [0, 0.05) is 51.9 Å². The van der Waals surface area contributed by atoms with Crippen molar-refractivity contribution >= 4 is 27.6 Å². The third-order valence-corrected chi connectivity index (χ3v) is 5.94. The van der Waals surface area contributed by atoms with Crippen LogP contribution in [-0.2, 0) is 0 Å². The second-order valence-corrected chi connectivity index (χ2v) is 7.91. The van der Waals surface area contributed by atoms with Crippen LogP contribution in [0.4, 0.5) is 15.1 Å². The number of rotatable bonds is 6. The molecule has 1 aromatic heterocycles. The van der Waals surface area contributed by atoms with E-state index in [0.717, 1.165) is 56.0 Å². The summed E-state index contributed by atoms with van der Waals surface area (Å²) in [5.74, 6) is 0.